The molecule has 0 heterocycles. The van der Waals surface area contributed by atoms with E-state index in [2.05, 4.69) is 5.32 Å². The van der Waals surface area contributed by atoms with E-state index >= 15 is 0 Å². The standard InChI is InChI=1S/C11H13F2N3O2/c12-7-4-6(9(14)5-8(7)13)11(18)16-3-1-2-10(15)17/h4-5H,1-3,14H2,(H2,15,17)(H,16,18). The first-order valence-corrected chi connectivity index (χ1v) is 5.23. The second-order valence-electron chi connectivity index (χ2n) is 3.68. The fraction of sp³-hybridized carbons (Fsp3) is 0.273. The maximum Gasteiger partial charge on any atom is 0.253 e. The van der Waals surface area contributed by atoms with E-state index in [1.165, 1.54) is 0 Å². The van der Waals surface area contributed by atoms with Crippen LogP contribution in [-0.4, -0.2) is 18.4 Å². The van der Waals surface area contributed by atoms with Gasteiger partial charge >= 0.3 is 0 Å². The van der Waals surface area contributed by atoms with Gasteiger partial charge < -0.3 is 16.8 Å². The van der Waals surface area contributed by atoms with Crippen LogP contribution in [-0.2, 0) is 4.79 Å². The highest BCUT2D eigenvalue weighted by atomic mass is 19.2. The molecule has 1 aromatic carbocycles. The molecule has 0 saturated heterocycles. The number of halogens is 2. The Labute approximate surface area is 102 Å². The molecule has 0 aliphatic carbocycles. The van der Waals surface area contributed by atoms with Gasteiger partial charge in [0.05, 0.1) is 5.56 Å². The van der Waals surface area contributed by atoms with Crippen molar-refractivity contribution in [1.29, 1.82) is 0 Å². The van der Waals surface area contributed by atoms with E-state index in [4.69, 9.17) is 11.5 Å². The third kappa shape index (κ3) is 3.69. The molecular weight excluding hydrogens is 244 g/mol. The van der Waals surface area contributed by atoms with Crippen LogP contribution in [0.5, 0.6) is 0 Å². The van der Waals surface area contributed by atoms with Gasteiger partial charge in [-0.05, 0) is 12.5 Å². The molecule has 5 N–H and O–H groups in total. The molecule has 18 heavy (non-hydrogen) atoms. The lowest BCUT2D eigenvalue weighted by atomic mass is 10.1. The van der Waals surface area contributed by atoms with Crippen molar-refractivity contribution in [2.24, 2.45) is 5.73 Å². The fourth-order valence-corrected chi connectivity index (χ4v) is 1.32. The van der Waals surface area contributed by atoms with E-state index in [0.717, 1.165) is 12.1 Å². The first-order chi connectivity index (χ1) is 8.41. The Hall–Kier alpha value is -2.18. The van der Waals surface area contributed by atoms with Gasteiger partial charge in [0.2, 0.25) is 5.91 Å². The van der Waals surface area contributed by atoms with Crippen molar-refractivity contribution in [3.05, 3.63) is 29.3 Å². The molecule has 0 radical (unpaired) electrons. The van der Waals surface area contributed by atoms with E-state index in [1.807, 2.05) is 0 Å². The first kappa shape index (κ1) is 13.9. The van der Waals surface area contributed by atoms with Gasteiger partial charge in [-0.1, -0.05) is 0 Å². The zero-order valence-electron chi connectivity index (χ0n) is 9.50. The molecular formula is C11H13F2N3O2. The molecule has 0 atom stereocenters. The molecule has 7 heteroatoms. The molecule has 0 saturated carbocycles. The Morgan fingerprint density at radius 1 is 1.22 bits per heavy atom. The predicted octanol–water partition coefficient (Wildman–Crippen LogP) is 0.542. The maximum atomic E-state index is 12.9. The van der Waals surface area contributed by atoms with Crippen LogP contribution in [0, 0.1) is 11.6 Å². The third-order valence-electron chi connectivity index (χ3n) is 2.22. The highest BCUT2D eigenvalue weighted by Crippen LogP contribution is 2.16. The summed E-state index contributed by atoms with van der Waals surface area (Å²) in [6, 6.07) is 1.47. The largest absolute Gasteiger partial charge is 0.398 e. The molecule has 0 bridgehead atoms. The Morgan fingerprint density at radius 3 is 2.44 bits per heavy atom. The lowest BCUT2D eigenvalue weighted by molar-refractivity contribution is -0.118. The van der Waals surface area contributed by atoms with Crippen molar-refractivity contribution in [2.75, 3.05) is 12.3 Å². The number of anilines is 1. The van der Waals surface area contributed by atoms with Crippen molar-refractivity contribution in [3.8, 4) is 0 Å². The van der Waals surface area contributed by atoms with Crippen molar-refractivity contribution in [2.45, 2.75) is 12.8 Å². The normalized spacial score (nSPS) is 10.1. The number of nitrogens with one attached hydrogen (secondary N) is 1. The van der Waals surface area contributed by atoms with Gasteiger partial charge in [-0.15, -0.1) is 0 Å². The van der Waals surface area contributed by atoms with Gasteiger partial charge in [0, 0.05) is 24.7 Å². The van der Waals surface area contributed by atoms with Gasteiger partial charge in [-0.2, -0.15) is 0 Å². The first-order valence-electron chi connectivity index (χ1n) is 5.23. The zero-order chi connectivity index (χ0) is 13.7. The van der Waals surface area contributed by atoms with Gasteiger partial charge in [0.1, 0.15) is 0 Å². The molecule has 0 aromatic heterocycles. The SMILES string of the molecule is NC(=O)CCCNC(=O)c1cc(F)c(F)cc1N. The minimum atomic E-state index is -1.15. The summed E-state index contributed by atoms with van der Waals surface area (Å²) in [6.07, 6.45) is 0.498. The van der Waals surface area contributed by atoms with E-state index in [1.54, 1.807) is 0 Å². The monoisotopic (exact) mass is 257 g/mol. The molecule has 0 unspecified atom stereocenters. The van der Waals surface area contributed by atoms with Crippen molar-refractivity contribution < 1.29 is 18.4 Å². The number of primary amides is 1. The highest BCUT2D eigenvalue weighted by Gasteiger charge is 2.13. The molecule has 0 aliphatic rings. The fourth-order valence-electron chi connectivity index (χ4n) is 1.32. The lowest BCUT2D eigenvalue weighted by Gasteiger charge is -2.07. The zero-order valence-corrected chi connectivity index (χ0v) is 9.50. The van der Waals surface area contributed by atoms with Gasteiger partial charge in [-0.3, -0.25) is 9.59 Å². The Morgan fingerprint density at radius 2 is 1.83 bits per heavy atom. The molecule has 98 valence electrons. The van der Waals surface area contributed by atoms with E-state index in [-0.39, 0.29) is 24.2 Å². The molecule has 1 rings (SSSR count). The number of nitrogens with two attached hydrogens (primary N) is 2. The number of rotatable bonds is 5. The summed E-state index contributed by atoms with van der Waals surface area (Å²) in [4.78, 5) is 22.0. The Balaban J connectivity index is 2.62. The molecule has 0 aliphatic heterocycles. The van der Waals surface area contributed by atoms with Crippen LogP contribution in [0.4, 0.5) is 14.5 Å². The summed E-state index contributed by atoms with van der Waals surface area (Å²) < 4.78 is 25.7. The van der Waals surface area contributed by atoms with Crippen LogP contribution in [0.25, 0.3) is 0 Å². The van der Waals surface area contributed by atoms with Gasteiger partial charge in [0.15, 0.2) is 11.6 Å². The average molecular weight is 257 g/mol. The molecule has 2 amide bonds. The number of hydrogen-bond donors (Lipinski definition) is 3. The quantitative estimate of drug-likeness (QED) is 0.530. The van der Waals surface area contributed by atoms with Crippen LogP contribution in [0.2, 0.25) is 0 Å². The minimum Gasteiger partial charge on any atom is -0.398 e. The van der Waals surface area contributed by atoms with E-state index in [9.17, 15) is 18.4 Å². The number of benzene rings is 1. The smallest absolute Gasteiger partial charge is 0.253 e. The number of amides is 2. The third-order valence-corrected chi connectivity index (χ3v) is 2.22. The summed E-state index contributed by atoms with van der Waals surface area (Å²) in [5, 5.41) is 2.43. The second-order valence-corrected chi connectivity index (χ2v) is 3.68. The summed E-state index contributed by atoms with van der Waals surface area (Å²) in [5.74, 6) is -3.36. The van der Waals surface area contributed by atoms with Gasteiger partial charge in [-0.25, -0.2) is 8.78 Å². The second kappa shape index (κ2) is 5.95. The molecule has 0 spiro atoms. The molecule has 0 fully saturated rings. The van der Waals surface area contributed by atoms with Crippen LogP contribution < -0.4 is 16.8 Å². The predicted molar refractivity (Wildman–Crippen MR) is 61.5 cm³/mol. The van der Waals surface area contributed by atoms with Crippen molar-refractivity contribution in [3.63, 3.8) is 0 Å². The Kier molecular flexibility index (Phi) is 4.59. The van der Waals surface area contributed by atoms with Crippen LogP contribution in [0.15, 0.2) is 12.1 Å². The van der Waals surface area contributed by atoms with Crippen molar-refractivity contribution in [1.82, 2.24) is 5.32 Å². The maximum absolute atomic E-state index is 12.9. The summed E-state index contributed by atoms with van der Waals surface area (Å²) in [5.41, 5.74) is 10.0. The minimum absolute atomic E-state index is 0.132. The van der Waals surface area contributed by atoms with Gasteiger partial charge in [0.25, 0.3) is 5.91 Å². The van der Waals surface area contributed by atoms with Crippen LogP contribution in [0.1, 0.15) is 23.2 Å². The van der Waals surface area contributed by atoms with Crippen LogP contribution in [0.3, 0.4) is 0 Å². The average Bonchev–Trinajstić information content (AvgIpc) is 2.28. The number of hydrogen-bond acceptors (Lipinski definition) is 3. The van der Waals surface area contributed by atoms with E-state index in [0.29, 0.717) is 6.42 Å². The number of carbonyl (C=O) groups excluding carboxylic acids is 2. The van der Waals surface area contributed by atoms with Crippen molar-refractivity contribution >= 4 is 17.5 Å². The Bertz CT molecular complexity index is 478. The highest BCUT2D eigenvalue weighted by molar-refractivity contribution is 5.99. The lowest BCUT2D eigenvalue weighted by Crippen LogP contribution is -2.26. The molecule has 5 nitrogen and oxygen atoms in total. The summed E-state index contributed by atoms with van der Waals surface area (Å²) in [6.45, 7) is 0.195. The van der Waals surface area contributed by atoms with Crippen LogP contribution >= 0.6 is 0 Å². The number of carbonyl (C=O) groups is 2. The molecule has 1 aromatic rings. The summed E-state index contributed by atoms with van der Waals surface area (Å²) in [7, 11) is 0. The number of nitrogen functional groups attached to an aromatic ring is 1. The summed E-state index contributed by atoms with van der Waals surface area (Å²) >= 11 is 0. The van der Waals surface area contributed by atoms with E-state index < -0.39 is 23.4 Å². The topological polar surface area (TPSA) is 98.2 Å².